The van der Waals surface area contributed by atoms with Gasteiger partial charge in [-0.25, -0.2) is 9.97 Å². The Morgan fingerprint density at radius 3 is 3.13 bits per heavy atom. The lowest BCUT2D eigenvalue weighted by Gasteiger charge is -2.04. The Kier molecular flexibility index (Phi) is 1.83. The zero-order valence-electron chi connectivity index (χ0n) is 8.64. The van der Waals surface area contributed by atoms with Crippen LogP contribution in [0.5, 0.6) is 0 Å². The van der Waals surface area contributed by atoms with Gasteiger partial charge in [0.25, 0.3) is 0 Å². The van der Waals surface area contributed by atoms with Crippen LogP contribution < -0.4 is 5.32 Å². The van der Waals surface area contributed by atoms with Crippen LogP contribution in [0.15, 0.2) is 12.5 Å². The van der Waals surface area contributed by atoms with E-state index in [4.69, 9.17) is 0 Å². The summed E-state index contributed by atoms with van der Waals surface area (Å²) in [6.07, 6.45) is 6.08. The van der Waals surface area contributed by atoms with Gasteiger partial charge in [-0.05, 0) is 18.8 Å². The monoisotopic (exact) mass is 203 g/mol. The minimum atomic E-state index is 0.840. The summed E-state index contributed by atoms with van der Waals surface area (Å²) in [5, 5.41) is 8.53. The van der Waals surface area contributed by atoms with Gasteiger partial charge in [0, 0.05) is 13.6 Å². The predicted octanol–water partition coefficient (Wildman–Crippen LogP) is 1.19. The minimum absolute atomic E-state index is 0.840. The Balaban J connectivity index is 1.94. The van der Waals surface area contributed by atoms with Crippen molar-refractivity contribution in [1.82, 2.24) is 19.7 Å². The van der Waals surface area contributed by atoms with Gasteiger partial charge < -0.3 is 5.32 Å². The normalized spacial score (nSPS) is 15.8. The van der Waals surface area contributed by atoms with Crippen molar-refractivity contribution < 1.29 is 0 Å². The average Bonchev–Trinajstić information content (AvgIpc) is 3.01. The molecule has 0 aromatic carbocycles. The second-order valence-electron chi connectivity index (χ2n) is 4.05. The van der Waals surface area contributed by atoms with Gasteiger partial charge in [-0.2, -0.15) is 5.10 Å². The average molecular weight is 203 g/mol. The maximum Gasteiger partial charge on any atom is 0.163 e. The van der Waals surface area contributed by atoms with Crippen LogP contribution in [-0.4, -0.2) is 26.3 Å². The molecule has 5 nitrogen and oxygen atoms in total. The van der Waals surface area contributed by atoms with Gasteiger partial charge in [-0.1, -0.05) is 0 Å². The zero-order chi connectivity index (χ0) is 10.3. The number of aromatic nitrogens is 4. The number of nitrogens with zero attached hydrogens (tertiary/aromatic N) is 4. The van der Waals surface area contributed by atoms with Crippen molar-refractivity contribution in [1.29, 1.82) is 0 Å². The molecule has 78 valence electrons. The van der Waals surface area contributed by atoms with Crippen molar-refractivity contribution in [2.24, 2.45) is 13.0 Å². The molecular formula is C10H13N5. The van der Waals surface area contributed by atoms with E-state index in [9.17, 15) is 0 Å². The first-order chi connectivity index (χ1) is 7.34. The molecular weight excluding hydrogens is 190 g/mol. The summed E-state index contributed by atoms with van der Waals surface area (Å²) in [4.78, 5) is 8.44. The molecule has 2 aromatic rings. The zero-order valence-corrected chi connectivity index (χ0v) is 8.64. The Bertz CT molecular complexity index is 486. The maximum absolute atomic E-state index is 4.24. The number of nitrogens with one attached hydrogen (secondary N) is 1. The Morgan fingerprint density at radius 1 is 1.47 bits per heavy atom. The number of fused-ring (bicyclic) bond motifs is 1. The summed E-state index contributed by atoms with van der Waals surface area (Å²) in [5.74, 6) is 1.74. The van der Waals surface area contributed by atoms with Crippen LogP contribution in [0, 0.1) is 5.92 Å². The molecule has 1 saturated carbocycles. The van der Waals surface area contributed by atoms with Crippen molar-refractivity contribution in [2.75, 3.05) is 11.9 Å². The molecule has 0 radical (unpaired) electrons. The lowest BCUT2D eigenvalue weighted by atomic mass is 10.3. The summed E-state index contributed by atoms with van der Waals surface area (Å²) >= 11 is 0. The first-order valence-corrected chi connectivity index (χ1v) is 5.21. The molecule has 0 bridgehead atoms. The van der Waals surface area contributed by atoms with Gasteiger partial charge in [-0.3, -0.25) is 4.68 Å². The molecule has 0 atom stereocenters. The van der Waals surface area contributed by atoms with Crippen LogP contribution in [0.4, 0.5) is 5.82 Å². The summed E-state index contributed by atoms with van der Waals surface area (Å²) in [5.41, 5.74) is 0.878. The third-order valence-corrected chi connectivity index (χ3v) is 2.78. The summed E-state index contributed by atoms with van der Waals surface area (Å²) in [6.45, 7) is 1.01. The molecule has 2 aromatic heterocycles. The van der Waals surface area contributed by atoms with Gasteiger partial charge >= 0.3 is 0 Å². The fraction of sp³-hybridized carbons (Fsp3) is 0.500. The summed E-state index contributed by atoms with van der Waals surface area (Å²) in [6, 6.07) is 0. The van der Waals surface area contributed by atoms with Gasteiger partial charge in [0.15, 0.2) is 5.65 Å². The van der Waals surface area contributed by atoms with E-state index in [0.29, 0.717) is 0 Å². The molecule has 0 saturated heterocycles. The molecule has 1 aliphatic rings. The van der Waals surface area contributed by atoms with Gasteiger partial charge in [-0.15, -0.1) is 0 Å². The third kappa shape index (κ3) is 1.54. The lowest BCUT2D eigenvalue weighted by Crippen LogP contribution is -2.05. The lowest BCUT2D eigenvalue weighted by molar-refractivity contribution is 0.785. The van der Waals surface area contributed by atoms with Crippen molar-refractivity contribution in [3.63, 3.8) is 0 Å². The molecule has 0 amide bonds. The number of anilines is 1. The van der Waals surface area contributed by atoms with E-state index in [-0.39, 0.29) is 0 Å². The van der Waals surface area contributed by atoms with Crippen molar-refractivity contribution in [3.8, 4) is 0 Å². The SMILES string of the molecule is Cn1ncc2c(NCC3CC3)ncnc21. The second kappa shape index (κ2) is 3.18. The molecule has 0 unspecified atom stereocenters. The maximum atomic E-state index is 4.24. The fourth-order valence-electron chi connectivity index (χ4n) is 1.67. The first kappa shape index (κ1) is 8.64. The topological polar surface area (TPSA) is 55.6 Å². The van der Waals surface area contributed by atoms with Gasteiger partial charge in [0.1, 0.15) is 12.1 Å². The number of hydrogen-bond acceptors (Lipinski definition) is 4. The molecule has 15 heavy (non-hydrogen) atoms. The molecule has 0 aliphatic heterocycles. The van der Waals surface area contributed by atoms with Crippen molar-refractivity contribution in [2.45, 2.75) is 12.8 Å². The van der Waals surface area contributed by atoms with Crippen LogP contribution in [0.1, 0.15) is 12.8 Å². The number of rotatable bonds is 3. The number of hydrogen-bond donors (Lipinski definition) is 1. The first-order valence-electron chi connectivity index (χ1n) is 5.21. The van der Waals surface area contributed by atoms with E-state index < -0.39 is 0 Å². The number of aryl methyl sites for hydroxylation is 1. The van der Waals surface area contributed by atoms with Crippen LogP contribution in [0.3, 0.4) is 0 Å². The van der Waals surface area contributed by atoms with E-state index in [1.807, 2.05) is 13.2 Å². The highest BCUT2D eigenvalue weighted by atomic mass is 15.3. The van der Waals surface area contributed by atoms with Gasteiger partial charge in [0.2, 0.25) is 0 Å². The molecule has 5 heteroatoms. The third-order valence-electron chi connectivity index (χ3n) is 2.78. The van der Waals surface area contributed by atoms with E-state index in [0.717, 1.165) is 29.3 Å². The highest BCUT2D eigenvalue weighted by Gasteiger charge is 2.21. The molecule has 1 N–H and O–H groups in total. The van der Waals surface area contributed by atoms with Crippen LogP contribution in [-0.2, 0) is 7.05 Å². The summed E-state index contributed by atoms with van der Waals surface area (Å²) < 4.78 is 1.76. The molecule has 1 fully saturated rings. The van der Waals surface area contributed by atoms with E-state index in [2.05, 4.69) is 20.4 Å². The molecule has 2 heterocycles. The fourth-order valence-corrected chi connectivity index (χ4v) is 1.67. The summed E-state index contributed by atoms with van der Waals surface area (Å²) in [7, 11) is 1.89. The Morgan fingerprint density at radius 2 is 2.33 bits per heavy atom. The Labute approximate surface area is 87.5 Å². The highest BCUT2D eigenvalue weighted by Crippen LogP contribution is 2.29. The minimum Gasteiger partial charge on any atom is -0.369 e. The standard InChI is InChI=1S/C10H13N5/c1-15-10-8(5-14-15)9(12-6-13-10)11-4-7-2-3-7/h5-7H,2-4H2,1H3,(H,11,12,13). The van der Waals surface area contributed by atoms with Crippen molar-refractivity contribution >= 4 is 16.9 Å². The van der Waals surface area contributed by atoms with Crippen LogP contribution in [0.2, 0.25) is 0 Å². The largest absolute Gasteiger partial charge is 0.369 e. The van der Waals surface area contributed by atoms with Gasteiger partial charge in [0.05, 0.1) is 11.6 Å². The predicted molar refractivity (Wildman–Crippen MR) is 57.5 cm³/mol. The second-order valence-corrected chi connectivity index (χ2v) is 4.05. The smallest absolute Gasteiger partial charge is 0.163 e. The van der Waals surface area contributed by atoms with E-state index in [1.165, 1.54) is 12.8 Å². The van der Waals surface area contributed by atoms with E-state index in [1.54, 1.807) is 11.0 Å². The van der Waals surface area contributed by atoms with Crippen LogP contribution in [0.25, 0.3) is 11.0 Å². The Hall–Kier alpha value is -1.65. The van der Waals surface area contributed by atoms with E-state index >= 15 is 0 Å². The quantitative estimate of drug-likeness (QED) is 0.814. The molecule has 3 rings (SSSR count). The van der Waals surface area contributed by atoms with Crippen molar-refractivity contribution in [3.05, 3.63) is 12.5 Å². The highest BCUT2D eigenvalue weighted by molar-refractivity contribution is 5.85. The van der Waals surface area contributed by atoms with Crippen LogP contribution >= 0.6 is 0 Å². The molecule has 0 spiro atoms. The molecule has 1 aliphatic carbocycles.